The van der Waals surface area contributed by atoms with E-state index in [1.54, 1.807) is 42.5 Å². The lowest BCUT2D eigenvalue weighted by molar-refractivity contribution is -0.153. The second-order valence-electron chi connectivity index (χ2n) is 7.01. The van der Waals surface area contributed by atoms with E-state index in [1.807, 2.05) is 6.07 Å². The van der Waals surface area contributed by atoms with Crippen LogP contribution >= 0.6 is 0 Å². The molecule has 0 saturated heterocycles. The molecule has 0 unspecified atom stereocenters. The van der Waals surface area contributed by atoms with Crippen LogP contribution in [0.15, 0.2) is 71.3 Å². The molecule has 35 heavy (non-hydrogen) atoms. The van der Waals surface area contributed by atoms with Gasteiger partial charge in [0, 0.05) is 17.3 Å². The molecule has 2 aromatic heterocycles. The minimum absolute atomic E-state index is 0.0142. The molecule has 0 aliphatic rings. The number of nitriles is 1. The van der Waals surface area contributed by atoms with Crippen LogP contribution in [0.2, 0.25) is 0 Å². The first-order valence-corrected chi connectivity index (χ1v) is 9.98. The number of hydrogen-bond donors (Lipinski definition) is 1. The van der Waals surface area contributed by atoms with Crippen molar-refractivity contribution in [1.82, 2.24) is 20.2 Å². The van der Waals surface area contributed by atoms with Crippen LogP contribution in [0.4, 0.5) is 18.9 Å². The topological polar surface area (TPSA) is 119 Å². The summed E-state index contributed by atoms with van der Waals surface area (Å²) in [5.74, 6) is -0.301. The van der Waals surface area contributed by atoms with Crippen LogP contribution in [0.25, 0.3) is 23.2 Å². The van der Waals surface area contributed by atoms with Gasteiger partial charge >= 0.3 is 6.18 Å². The average Bonchev–Trinajstić information content (AvgIpc) is 3.53. The second kappa shape index (κ2) is 9.92. The van der Waals surface area contributed by atoms with Crippen LogP contribution in [0.1, 0.15) is 11.3 Å². The van der Waals surface area contributed by atoms with Crippen molar-refractivity contribution in [2.24, 2.45) is 0 Å². The number of carbonyl (C=O) groups excluding carboxylic acids is 1. The number of aromatic nitrogens is 4. The summed E-state index contributed by atoms with van der Waals surface area (Å²) in [5.41, 5.74) is 0.592. The molecule has 0 aliphatic carbocycles. The van der Waals surface area contributed by atoms with Crippen molar-refractivity contribution >= 4 is 23.4 Å². The number of amides is 1. The zero-order chi connectivity index (χ0) is 24.8. The van der Waals surface area contributed by atoms with Crippen molar-refractivity contribution in [2.75, 3.05) is 11.9 Å². The summed E-state index contributed by atoms with van der Waals surface area (Å²) in [5, 5.41) is 23.5. The molecule has 4 aromatic rings. The van der Waals surface area contributed by atoms with E-state index in [1.165, 1.54) is 35.2 Å². The zero-order valence-electron chi connectivity index (χ0n) is 17.7. The number of nitrogens with one attached hydrogen (secondary N) is 1. The van der Waals surface area contributed by atoms with E-state index in [0.29, 0.717) is 11.3 Å². The largest absolute Gasteiger partial charge is 0.483 e. The highest BCUT2D eigenvalue weighted by molar-refractivity contribution is 6.24. The van der Waals surface area contributed by atoms with Gasteiger partial charge in [0.25, 0.3) is 5.91 Å². The summed E-state index contributed by atoms with van der Waals surface area (Å²) >= 11 is 0. The summed E-state index contributed by atoms with van der Waals surface area (Å²) in [7, 11) is 0. The van der Waals surface area contributed by atoms with Crippen LogP contribution in [-0.2, 0) is 4.79 Å². The fraction of sp³-hybridized carbons (Fsp3) is 0.0870. The Balaban J connectivity index is 1.65. The fourth-order valence-electron chi connectivity index (χ4n) is 3.02. The van der Waals surface area contributed by atoms with E-state index in [9.17, 15) is 23.2 Å². The predicted molar refractivity (Wildman–Crippen MR) is 117 cm³/mol. The number of ether oxygens (including phenoxy) is 1. The number of rotatable bonds is 7. The first-order chi connectivity index (χ1) is 16.8. The monoisotopic (exact) mass is 480 g/mol. The van der Waals surface area contributed by atoms with Gasteiger partial charge in [-0.05, 0) is 40.8 Å². The molecule has 1 N–H and O–H groups in total. The Kier molecular flexibility index (Phi) is 6.59. The molecule has 9 nitrogen and oxygen atoms in total. The molecule has 0 fully saturated rings. The zero-order valence-corrected chi connectivity index (χ0v) is 17.7. The van der Waals surface area contributed by atoms with E-state index < -0.39 is 18.7 Å². The quantitative estimate of drug-likeness (QED) is 0.390. The minimum atomic E-state index is -4.56. The Bertz CT molecular complexity index is 1390. The summed E-state index contributed by atoms with van der Waals surface area (Å²) in [6, 6.07) is 17.6. The Morgan fingerprint density at radius 1 is 1.17 bits per heavy atom. The number of carbonyl (C=O) groups is 1. The van der Waals surface area contributed by atoms with E-state index in [2.05, 4.69) is 25.6 Å². The van der Waals surface area contributed by atoms with Gasteiger partial charge in [0.15, 0.2) is 12.4 Å². The van der Waals surface area contributed by atoms with Crippen molar-refractivity contribution in [3.05, 3.63) is 78.3 Å². The third kappa shape index (κ3) is 5.72. The summed E-state index contributed by atoms with van der Waals surface area (Å²) < 4.78 is 48.6. The van der Waals surface area contributed by atoms with E-state index in [4.69, 9.17) is 4.42 Å². The molecule has 4 rings (SSSR count). The average molecular weight is 480 g/mol. The van der Waals surface area contributed by atoms with E-state index in [-0.39, 0.29) is 28.5 Å². The van der Waals surface area contributed by atoms with Crippen LogP contribution in [0.5, 0.6) is 5.75 Å². The SMILES string of the molecule is N#Cc1cc(NC(=O)/C(=C\c2ccco2)n2nnnc2-c2ccccc2)ccc1OCC(F)(F)F. The maximum Gasteiger partial charge on any atom is 0.422 e. The van der Waals surface area contributed by atoms with Gasteiger partial charge in [0.2, 0.25) is 0 Å². The number of anilines is 1. The lowest BCUT2D eigenvalue weighted by atomic mass is 10.2. The molecule has 1 amide bonds. The maximum absolute atomic E-state index is 13.3. The first kappa shape index (κ1) is 23.2. The molecular weight excluding hydrogens is 465 g/mol. The highest BCUT2D eigenvalue weighted by Crippen LogP contribution is 2.26. The Morgan fingerprint density at radius 3 is 2.66 bits per heavy atom. The number of hydrogen-bond acceptors (Lipinski definition) is 7. The van der Waals surface area contributed by atoms with Gasteiger partial charge in [-0.25, -0.2) is 0 Å². The third-order valence-corrected chi connectivity index (χ3v) is 4.53. The lowest BCUT2D eigenvalue weighted by Crippen LogP contribution is -2.20. The van der Waals surface area contributed by atoms with Crippen molar-refractivity contribution < 1.29 is 27.1 Å². The van der Waals surface area contributed by atoms with Gasteiger partial charge in [0.1, 0.15) is 23.3 Å². The molecule has 12 heteroatoms. The molecule has 0 saturated carbocycles. The van der Waals surface area contributed by atoms with Gasteiger partial charge in [-0.2, -0.15) is 23.1 Å². The Hall–Kier alpha value is -4.92. The highest BCUT2D eigenvalue weighted by atomic mass is 19.4. The van der Waals surface area contributed by atoms with Gasteiger partial charge < -0.3 is 14.5 Å². The summed E-state index contributed by atoms with van der Waals surface area (Å²) in [6.07, 6.45) is -1.71. The molecule has 0 bridgehead atoms. The second-order valence-corrected chi connectivity index (χ2v) is 7.01. The molecule has 0 aliphatic heterocycles. The van der Waals surface area contributed by atoms with Crippen molar-refractivity contribution in [3.63, 3.8) is 0 Å². The van der Waals surface area contributed by atoms with Crippen molar-refractivity contribution in [1.29, 1.82) is 5.26 Å². The van der Waals surface area contributed by atoms with Gasteiger partial charge in [0.05, 0.1) is 11.8 Å². The molecule has 2 aromatic carbocycles. The van der Waals surface area contributed by atoms with Crippen LogP contribution in [-0.4, -0.2) is 38.9 Å². The van der Waals surface area contributed by atoms with Crippen LogP contribution in [0, 0.1) is 11.3 Å². The molecule has 0 spiro atoms. The van der Waals surface area contributed by atoms with Gasteiger partial charge in [-0.3, -0.25) is 4.79 Å². The van der Waals surface area contributed by atoms with E-state index >= 15 is 0 Å². The molecule has 176 valence electrons. The number of halogens is 3. The Morgan fingerprint density at radius 2 is 1.97 bits per heavy atom. The van der Waals surface area contributed by atoms with E-state index in [0.717, 1.165) is 0 Å². The Labute approximate surface area is 196 Å². The standard InChI is InChI=1S/C23H15F3N6O3/c24-23(25,26)14-35-20-9-8-17(11-16(20)13-27)28-22(33)19(12-18-7-4-10-34-18)32-21(29-30-31-32)15-5-2-1-3-6-15/h1-12H,14H2,(H,28,33)/b19-12+. The first-order valence-electron chi connectivity index (χ1n) is 9.98. The molecular formula is C23H15F3N6O3. The van der Waals surface area contributed by atoms with Crippen LogP contribution < -0.4 is 10.1 Å². The third-order valence-electron chi connectivity index (χ3n) is 4.53. The number of nitrogens with zero attached hydrogens (tertiary/aromatic N) is 5. The number of benzene rings is 2. The van der Waals surface area contributed by atoms with Gasteiger partial charge in [-0.15, -0.1) is 5.10 Å². The minimum Gasteiger partial charge on any atom is -0.483 e. The summed E-state index contributed by atoms with van der Waals surface area (Å²) in [6.45, 7) is -1.55. The van der Waals surface area contributed by atoms with Gasteiger partial charge in [-0.1, -0.05) is 30.3 Å². The normalized spacial score (nSPS) is 11.7. The predicted octanol–water partition coefficient (Wildman–Crippen LogP) is 4.38. The van der Waals surface area contributed by atoms with Crippen LogP contribution in [0.3, 0.4) is 0 Å². The van der Waals surface area contributed by atoms with Crippen molar-refractivity contribution in [3.8, 4) is 23.2 Å². The van der Waals surface area contributed by atoms with Crippen molar-refractivity contribution in [2.45, 2.75) is 6.18 Å². The maximum atomic E-state index is 13.3. The number of alkyl halides is 3. The summed E-state index contributed by atoms with van der Waals surface area (Å²) in [4.78, 5) is 13.3. The molecule has 2 heterocycles. The number of tetrazole rings is 1. The smallest absolute Gasteiger partial charge is 0.422 e. The lowest BCUT2D eigenvalue weighted by Gasteiger charge is -2.13. The molecule has 0 radical (unpaired) electrons. The molecule has 0 atom stereocenters. The fourth-order valence-corrected chi connectivity index (χ4v) is 3.02. The number of furan rings is 1. The highest BCUT2D eigenvalue weighted by Gasteiger charge is 2.29.